The molecule has 1 aromatic rings. The van der Waals surface area contributed by atoms with Crippen molar-refractivity contribution in [3.05, 3.63) is 48.6 Å². The van der Waals surface area contributed by atoms with Crippen LogP contribution in [0.15, 0.2) is 43.0 Å². The van der Waals surface area contributed by atoms with Crippen LogP contribution in [0, 0.1) is 5.92 Å². The molecule has 1 aliphatic rings. The quantitative estimate of drug-likeness (QED) is 0.805. The molecule has 1 atom stereocenters. The maximum Gasteiger partial charge on any atom is 0.251 e. The van der Waals surface area contributed by atoms with Gasteiger partial charge in [0.15, 0.2) is 0 Å². The molecule has 0 radical (unpaired) electrons. The van der Waals surface area contributed by atoms with E-state index in [2.05, 4.69) is 11.9 Å². The van der Waals surface area contributed by atoms with Crippen LogP contribution in [0.2, 0.25) is 0 Å². The van der Waals surface area contributed by atoms with Crippen LogP contribution in [0.5, 0.6) is 0 Å². The van der Waals surface area contributed by atoms with E-state index in [1.807, 2.05) is 36.4 Å². The van der Waals surface area contributed by atoms with Crippen LogP contribution < -0.4 is 5.32 Å². The van der Waals surface area contributed by atoms with E-state index in [0.29, 0.717) is 5.92 Å². The number of hydrogen-bond acceptors (Lipinski definition) is 1. The van der Waals surface area contributed by atoms with E-state index in [0.717, 1.165) is 5.56 Å². The lowest BCUT2D eigenvalue weighted by molar-refractivity contribution is 0.0927. The highest BCUT2D eigenvalue weighted by Crippen LogP contribution is 2.27. The molecule has 0 heterocycles. The van der Waals surface area contributed by atoms with Crippen LogP contribution >= 0.6 is 0 Å². The van der Waals surface area contributed by atoms with Gasteiger partial charge in [0.25, 0.3) is 5.91 Å². The number of carbonyl (C=O) groups excluding carboxylic acids is 1. The second kappa shape index (κ2) is 6.39. The highest BCUT2D eigenvalue weighted by atomic mass is 16.1. The van der Waals surface area contributed by atoms with E-state index >= 15 is 0 Å². The minimum Gasteiger partial charge on any atom is -0.346 e. The molecule has 1 aliphatic carbocycles. The summed E-state index contributed by atoms with van der Waals surface area (Å²) in [5.74, 6) is 0.565. The van der Waals surface area contributed by atoms with E-state index in [9.17, 15) is 4.79 Å². The molecular formula is C16H21NO. The predicted octanol–water partition coefficient (Wildman–Crippen LogP) is 3.55. The molecule has 1 N–H and O–H groups in total. The fraction of sp³-hybridized carbons (Fsp3) is 0.438. The summed E-state index contributed by atoms with van der Waals surface area (Å²) < 4.78 is 0. The molecule has 0 aliphatic heterocycles. The van der Waals surface area contributed by atoms with Crippen molar-refractivity contribution in [3.8, 4) is 0 Å². The van der Waals surface area contributed by atoms with Crippen molar-refractivity contribution in [2.75, 3.05) is 0 Å². The topological polar surface area (TPSA) is 29.1 Å². The molecule has 2 rings (SSSR count). The minimum absolute atomic E-state index is 0.00562. The SMILES string of the molecule is C=CC(NC(=O)c1ccccc1)C1CCCCC1. The van der Waals surface area contributed by atoms with E-state index in [1.165, 1.54) is 32.1 Å². The van der Waals surface area contributed by atoms with Crippen LogP contribution in [-0.4, -0.2) is 11.9 Å². The molecule has 1 aromatic carbocycles. The molecule has 0 aromatic heterocycles. The molecule has 2 nitrogen and oxygen atoms in total. The lowest BCUT2D eigenvalue weighted by Crippen LogP contribution is -2.39. The first-order chi connectivity index (χ1) is 8.81. The summed E-state index contributed by atoms with van der Waals surface area (Å²) in [6, 6.07) is 9.49. The Kier molecular flexibility index (Phi) is 4.57. The van der Waals surface area contributed by atoms with Crippen LogP contribution in [0.4, 0.5) is 0 Å². The fourth-order valence-electron chi connectivity index (χ4n) is 2.69. The Bertz CT molecular complexity index is 393. The Balaban J connectivity index is 1.97. The molecular weight excluding hydrogens is 222 g/mol. The first-order valence-corrected chi connectivity index (χ1v) is 6.79. The zero-order valence-corrected chi connectivity index (χ0v) is 10.8. The van der Waals surface area contributed by atoms with E-state index in [1.54, 1.807) is 0 Å². The number of benzene rings is 1. The minimum atomic E-state index is 0.00562. The van der Waals surface area contributed by atoms with Gasteiger partial charge in [-0.25, -0.2) is 0 Å². The third kappa shape index (κ3) is 3.22. The van der Waals surface area contributed by atoms with Crippen molar-refractivity contribution in [2.24, 2.45) is 5.92 Å². The van der Waals surface area contributed by atoms with Gasteiger partial charge in [-0.15, -0.1) is 6.58 Å². The van der Waals surface area contributed by atoms with Gasteiger partial charge < -0.3 is 5.32 Å². The summed E-state index contributed by atoms with van der Waals surface area (Å²) in [5.41, 5.74) is 0.722. The number of amides is 1. The predicted molar refractivity (Wildman–Crippen MR) is 74.5 cm³/mol. The van der Waals surface area contributed by atoms with Crippen molar-refractivity contribution in [3.63, 3.8) is 0 Å². The van der Waals surface area contributed by atoms with E-state index < -0.39 is 0 Å². The smallest absolute Gasteiger partial charge is 0.251 e. The van der Waals surface area contributed by atoms with E-state index in [4.69, 9.17) is 0 Å². The normalized spacial score (nSPS) is 18.0. The molecule has 1 saturated carbocycles. The molecule has 2 heteroatoms. The first-order valence-electron chi connectivity index (χ1n) is 6.79. The Morgan fingerprint density at radius 3 is 2.50 bits per heavy atom. The van der Waals surface area contributed by atoms with Gasteiger partial charge in [-0.2, -0.15) is 0 Å². The Hall–Kier alpha value is -1.57. The van der Waals surface area contributed by atoms with Crippen molar-refractivity contribution in [1.29, 1.82) is 0 Å². The monoisotopic (exact) mass is 243 g/mol. The summed E-state index contributed by atoms with van der Waals surface area (Å²) in [7, 11) is 0. The van der Waals surface area contributed by atoms with Crippen molar-refractivity contribution in [1.82, 2.24) is 5.32 Å². The largest absolute Gasteiger partial charge is 0.346 e. The first kappa shape index (κ1) is 12.9. The summed E-state index contributed by atoms with van der Waals surface area (Å²) in [6.45, 7) is 3.87. The highest BCUT2D eigenvalue weighted by Gasteiger charge is 2.22. The lowest BCUT2D eigenvalue weighted by atomic mass is 9.84. The molecule has 18 heavy (non-hydrogen) atoms. The lowest BCUT2D eigenvalue weighted by Gasteiger charge is -2.28. The standard InChI is InChI=1S/C16H21NO/c1-2-15(13-9-5-3-6-10-13)17-16(18)14-11-7-4-8-12-14/h2,4,7-8,11-13,15H,1,3,5-6,9-10H2,(H,17,18). The van der Waals surface area contributed by atoms with Crippen molar-refractivity contribution < 1.29 is 4.79 Å². The third-order valence-electron chi connectivity index (χ3n) is 3.75. The van der Waals surface area contributed by atoms with Gasteiger partial charge in [0, 0.05) is 11.6 Å². The van der Waals surface area contributed by atoms with Crippen LogP contribution in [0.1, 0.15) is 42.5 Å². The molecule has 1 amide bonds. The third-order valence-corrected chi connectivity index (χ3v) is 3.75. The van der Waals surface area contributed by atoms with Gasteiger partial charge in [0.1, 0.15) is 0 Å². The maximum atomic E-state index is 12.1. The Labute approximate surface area is 109 Å². The van der Waals surface area contributed by atoms with Gasteiger partial charge in [-0.3, -0.25) is 4.79 Å². The van der Waals surface area contributed by atoms with Crippen LogP contribution in [0.25, 0.3) is 0 Å². The summed E-state index contributed by atoms with van der Waals surface area (Å²) in [6.07, 6.45) is 8.16. The second-order valence-corrected chi connectivity index (χ2v) is 5.00. The van der Waals surface area contributed by atoms with Crippen molar-refractivity contribution >= 4 is 5.91 Å². The zero-order valence-electron chi connectivity index (χ0n) is 10.8. The molecule has 0 spiro atoms. The second-order valence-electron chi connectivity index (χ2n) is 5.00. The summed E-state index contributed by atoms with van der Waals surface area (Å²) in [5, 5.41) is 3.10. The van der Waals surface area contributed by atoms with Crippen LogP contribution in [0.3, 0.4) is 0 Å². The van der Waals surface area contributed by atoms with Gasteiger partial charge in [-0.05, 0) is 30.9 Å². The zero-order chi connectivity index (χ0) is 12.8. The maximum absolute atomic E-state index is 12.1. The molecule has 0 bridgehead atoms. The number of rotatable bonds is 4. The molecule has 1 fully saturated rings. The highest BCUT2D eigenvalue weighted by molar-refractivity contribution is 5.94. The van der Waals surface area contributed by atoms with Gasteiger partial charge in [0.2, 0.25) is 0 Å². The molecule has 1 unspecified atom stereocenters. The fourth-order valence-corrected chi connectivity index (χ4v) is 2.69. The van der Waals surface area contributed by atoms with E-state index in [-0.39, 0.29) is 11.9 Å². The van der Waals surface area contributed by atoms with Gasteiger partial charge in [-0.1, -0.05) is 43.5 Å². The summed E-state index contributed by atoms with van der Waals surface area (Å²) in [4.78, 5) is 12.1. The average Bonchev–Trinajstić information content (AvgIpc) is 2.46. The Morgan fingerprint density at radius 2 is 1.89 bits per heavy atom. The number of hydrogen-bond donors (Lipinski definition) is 1. The molecule has 96 valence electrons. The van der Waals surface area contributed by atoms with Gasteiger partial charge >= 0.3 is 0 Å². The molecule has 0 saturated heterocycles. The van der Waals surface area contributed by atoms with Gasteiger partial charge in [0.05, 0.1) is 0 Å². The Morgan fingerprint density at radius 1 is 1.22 bits per heavy atom. The van der Waals surface area contributed by atoms with Crippen LogP contribution in [-0.2, 0) is 0 Å². The number of nitrogens with one attached hydrogen (secondary N) is 1. The average molecular weight is 243 g/mol. The number of carbonyl (C=O) groups is 1. The van der Waals surface area contributed by atoms with Crippen molar-refractivity contribution in [2.45, 2.75) is 38.1 Å². The summed E-state index contributed by atoms with van der Waals surface area (Å²) >= 11 is 0.